The first-order valence-corrected chi connectivity index (χ1v) is 15.6. The second-order valence-electron chi connectivity index (χ2n) is 11.4. The molecule has 6 rings (SSSR count). The fourth-order valence-corrected chi connectivity index (χ4v) is 6.22. The molecule has 0 spiro atoms. The van der Waals surface area contributed by atoms with Crippen LogP contribution in [-0.2, 0) is 33.5 Å². The number of anilines is 2. The first-order chi connectivity index (χ1) is 22.9. The predicted molar refractivity (Wildman–Crippen MR) is 167 cm³/mol. The van der Waals surface area contributed by atoms with Crippen molar-refractivity contribution in [2.24, 2.45) is 5.92 Å². The molecule has 2 N–H and O–H groups in total. The molecular formula is C30H31ClF3N9O5. The number of ether oxygens (including phenoxy) is 1. The van der Waals surface area contributed by atoms with Gasteiger partial charge in [-0.2, -0.15) is 27.7 Å². The summed E-state index contributed by atoms with van der Waals surface area (Å²) in [6.07, 6.45) is -1.71. The Bertz CT molecular complexity index is 1920. The van der Waals surface area contributed by atoms with Crippen LogP contribution < -0.4 is 15.8 Å². The molecule has 1 aromatic carbocycles. The van der Waals surface area contributed by atoms with Gasteiger partial charge in [0.2, 0.25) is 23.4 Å². The number of fused-ring (bicyclic) bond motifs is 1. The van der Waals surface area contributed by atoms with E-state index < -0.39 is 35.8 Å². The second-order valence-corrected chi connectivity index (χ2v) is 11.8. The molecule has 3 aromatic heterocycles. The van der Waals surface area contributed by atoms with Crippen LogP contribution >= 0.6 is 11.6 Å². The van der Waals surface area contributed by atoms with Gasteiger partial charge in [-0.15, -0.1) is 5.10 Å². The summed E-state index contributed by atoms with van der Waals surface area (Å²) in [7, 11) is 0. The number of halogens is 4. The maximum atomic E-state index is 14.1. The molecule has 0 unspecified atom stereocenters. The van der Waals surface area contributed by atoms with Crippen molar-refractivity contribution in [3.05, 3.63) is 57.1 Å². The molecule has 254 valence electrons. The van der Waals surface area contributed by atoms with E-state index in [1.165, 1.54) is 16.8 Å². The van der Waals surface area contributed by atoms with Gasteiger partial charge in [-0.1, -0.05) is 18.5 Å². The number of aromatic nitrogens is 6. The van der Waals surface area contributed by atoms with Gasteiger partial charge < -0.3 is 29.5 Å². The quantitative estimate of drug-likeness (QED) is 0.295. The maximum Gasteiger partial charge on any atom is 0.416 e. The number of nitrogens with one attached hydrogen (secondary N) is 1. The maximum absolute atomic E-state index is 14.1. The molecule has 4 aromatic rings. The normalized spacial score (nSPS) is 16.0. The summed E-state index contributed by atoms with van der Waals surface area (Å²) in [5.41, 5.74) is -0.662. The molecule has 2 saturated heterocycles. The third-order valence-electron chi connectivity index (χ3n) is 8.38. The zero-order valence-electron chi connectivity index (χ0n) is 25.7. The number of carbonyl (C=O) groups is 2. The molecule has 18 heteroatoms. The molecule has 2 aliphatic rings. The van der Waals surface area contributed by atoms with Crippen molar-refractivity contribution in [2.75, 3.05) is 49.6 Å². The third kappa shape index (κ3) is 6.64. The van der Waals surface area contributed by atoms with Gasteiger partial charge in [0.15, 0.2) is 0 Å². The van der Waals surface area contributed by atoms with Gasteiger partial charge in [0.1, 0.15) is 17.9 Å². The smallest absolute Gasteiger partial charge is 0.416 e. The fourth-order valence-electron chi connectivity index (χ4n) is 5.99. The Morgan fingerprint density at radius 3 is 2.48 bits per heavy atom. The molecule has 14 nitrogen and oxygen atoms in total. The van der Waals surface area contributed by atoms with Crippen molar-refractivity contribution in [2.45, 2.75) is 38.9 Å². The minimum Gasteiger partial charge on any atom is -0.479 e. The Kier molecular flexibility index (Phi) is 9.24. The lowest BCUT2D eigenvalue weighted by Gasteiger charge is -2.38. The summed E-state index contributed by atoms with van der Waals surface area (Å²) < 4.78 is 47.4. The second kappa shape index (κ2) is 13.4. The number of benzene rings is 1. The lowest BCUT2D eigenvalue weighted by molar-refractivity contribution is -0.139. The minimum atomic E-state index is -4.62. The van der Waals surface area contributed by atoms with Crippen LogP contribution in [0.2, 0.25) is 5.02 Å². The van der Waals surface area contributed by atoms with Crippen LogP contribution in [-0.4, -0.2) is 90.3 Å². The standard InChI is InChI=1S/C30H31ClF3N9O5/c1-2-22-24(40-9-11-41(12-10-40)26(45)17-6-13-48-14-7-17)27(46)43-29(38-25(39-43)21-5-8-35-28(47)37-21)42(22)16-23(44)36-20-4-3-18(15-19(20)31)30(32,33)34/h3-5,8,15,17H,2,6-7,9-14,16H2,1H3,(H,36,44)(H,35,37,47). The molecule has 0 radical (unpaired) electrons. The SMILES string of the molecule is CCc1c(N2CCN(C(=O)C3CCOCC3)CC2)c(=O)n2nc(-c3ccnc(O)n3)nc2n1CC(=O)Nc1ccc(C(F)(F)F)cc1Cl. The van der Waals surface area contributed by atoms with E-state index in [0.29, 0.717) is 57.9 Å². The van der Waals surface area contributed by atoms with Gasteiger partial charge in [-0.05, 0) is 43.5 Å². The predicted octanol–water partition coefficient (Wildman–Crippen LogP) is 3.00. The summed E-state index contributed by atoms with van der Waals surface area (Å²) in [4.78, 5) is 56.4. The molecule has 0 atom stereocenters. The van der Waals surface area contributed by atoms with E-state index in [2.05, 4.69) is 25.4 Å². The molecule has 0 saturated carbocycles. The number of aromatic hydroxyl groups is 1. The third-order valence-corrected chi connectivity index (χ3v) is 8.70. The summed E-state index contributed by atoms with van der Waals surface area (Å²) >= 11 is 6.09. The molecule has 0 bridgehead atoms. The number of carbonyl (C=O) groups excluding carboxylic acids is 2. The first-order valence-electron chi connectivity index (χ1n) is 15.3. The molecule has 48 heavy (non-hydrogen) atoms. The Labute approximate surface area is 276 Å². The van der Waals surface area contributed by atoms with E-state index in [1.807, 2.05) is 4.90 Å². The molecule has 2 fully saturated rings. The van der Waals surface area contributed by atoms with Crippen molar-refractivity contribution in [3.63, 3.8) is 0 Å². The van der Waals surface area contributed by atoms with E-state index >= 15 is 0 Å². The highest BCUT2D eigenvalue weighted by molar-refractivity contribution is 6.33. The lowest BCUT2D eigenvalue weighted by Crippen LogP contribution is -2.52. The minimum absolute atomic E-state index is 0.00398. The van der Waals surface area contributed by atoms with Gasteiger partial charge in [0.05, 0.1) is 22.0 Å². The van der Waals surface area contributed by atoms with Gasteiger partial charge in [0.25, 0.3) is 5.56 Å². The number of amides is 2. The molecule has 0 aliphatic carbocycles. The number of hydrogen-bond acceptors (Lipinski definition) is 10. The number of piperazine rings is 1. The van der Waals surface area contributed by atoms with Crippen molar-refractivity contribution < 1.29 is 32.6 Å². The number of nitrogens with zero attached hydrogens (tertiary/aromatic N) is 8. The Morgan fingerprint density at radius 1 is 1.10 bits per heavy atom. The van der Waals surface area contributed by atoms with E-state index in [0.717, 1.165) is 22.7 Å². The van der Waals surface area contributed by atoms with Crippen molar-refractivity contribution >= 4 is 40.6 Å². The molecule has 2 amide bonds. The van der Waals surface area contributed by atoms with Gasteiger partial charge in [-0.25, -0.2) is 4.98 Å². The lowest BCUT2D eigenvalue weighted by atomic mass is 9.98. The van der Waals surface area contributed by atoms with Crippen LogP contribution in [0.1, 0.15) is 31.0 Å². The Balaban J connectivity index is 1.36. The molecule has 2 aliphatic heterocycles. The zero-order chi connectivity index (χ0) is 34.2. The zero-order valence-corrected chi connectivity index (χ0v) is 26.5. The summed E-state index contributed by atoms with van der Waals surface area (Å²) in [6.45, 7) is 3.94. The topological polar surface area (TPSA) is 160 Å². The van der Waals surface area contributed by atoms with Gasteiger partial charge in [-0.3, -0.25) is 14.4 Å². The van der Waals surface area contributed by atoms with Gasteiger partial charge >= 0.3 is 12.2 Å². The highest BCUT2D eigenvalue weighted by Gasteiger charge is 2.33. The largest absolute Gasteiger partial charge is 0.479 e. The van der Waals surface area contributed by atoms with Crippen LogP contribution in [0.3, 0.4) is 0 Å². The Morgan fingerprint density at radius 2 is 1.83 bits per heavy atom. The van der Waals surface area contributed by atoms with Crippen LogP contribution in [0.4, 0.5) is 24.5 Å². The first kappa shape index (κ1) is 33.1. The summed E-state index contributed by atoms with van der Waals surface area (Å²) in [6, 6.07) is 3.51. The van der Waals surface area contributed by atoms with E-state index in [9.17, 15) is 32.7 Å². The highest BCUT2D eigenvalue weighted by Crippen LogP contribution is 2.34. The van der Waals surface area contributed by atoms with Crippen molar-refractivity contribution in [1.29, 1.82) is 0 Å². The fraction of sp³-hybridized carbons (Fsp3) is 0.433. The highest BCUT2D eigenvalue weighted by atomic mass is 35.5. The molecule has 5 heterocycles. The average molecular weight is 690 g/mol. The van der Waals surface area contributed by atoms with Gasteiger partial charge in [0, 0.05) is 51.5 Å². The number of alkyl halides is 3. The number of hydrogen-bond donors (Lipinski definition) is 2. The summed E-state index contributed by atoms with van der Waals surface area (Å²) in [5.74, 6) is -0.712. The van der Waals surface area contributed by atoms with Crippen LogP contribution in [0.15, 0.2) is 35.3 Å². The van der Waals surface area contributed by atoms with E-state index in [4.69, 9.17) is 16.3 Å². The van der Waals surface area contributed by atoms with Crippen molar-refractivity contribution in [3.8, 4) is 17.5 Å². The monoisotopic (exact) mass is 689 g/mol. The molecular weight excluding hydrogens is 659 g/mol. The summed E-state index contributed by atoms with van der Waals surface area (Å²) in [5, 5.41) is 16.4. The average Bonchev–Trinajstić information content (AvgIpc) is 3.53. The van der Waals surface area contributed by atoms with Crippen LogP contribution in [0.5, 0.6) is 6.01 Å². The Hall–Kier alpha value is -4.77. The van der Waals surface area contributed by atoms with Crippen LogP contribution in [0, 0.1) is 5.92 Å². The van der Waals surface area contributed by atoms with E-state index in [1.54, 1.807) is 11.8 Å². The number of rotatable bonds is 7. The van der Waals surface area contributed by atoms with Crippen LogP contribution in [0.25, 0.3) is 17.3 Å². The van der Waals surface area contributed by atoms with Crippen molar-refractivity contribution in [1.82, 2.24) is 34.0 Å². The van der Waals surface area contributed by atoms with E-state index in [-0.39, 0.29) is 51.9 Å².